The van der Waals surface area contributed by atoms with E-state index >= 15 is 0 Å². The minimum absolute atomic E-state index is 0.0905. The summed E-state index contributed by atoms with van der Waals surface area (Å²) in [4.78, 5) is 70.2. The molecule has 2 bridgehead atoms. The van der Waals surface area contributed by atoms with Crippen molar-refractivity contribution in [2.24, 2.45) is 11.8 Å². The summed E-state index contributed by atoms with van der Waals surface area (Å²) in [5.41, 5.74) is 2.22. The molecule has 54 heavy (non-hydrogen) atoms. The van der Waals surface area contributed by atoms with Crippen molar-refractivity contribution < 1.29 is 33.4 Å². The number of nitrogens with one attached hydrogen (secondary N) is 4. The van der Waals surface area contributed by atoms with E-state index in [1.165, 1.54) is 9.58 Å². The van der Waals surface area contributed by atoms with Crippen LogP contribution in [0.15, 0.2) is 60.8 Å². The van der Waals surface area contributed by atoms with Gasteiger partial charge in [0.15, 0.2) is 0 Å². The smallest absolute Gasteiger partial charge is 0.245 e. The van der Waals surface area contributed by atoms with Gasteiger partial charge in [0.05, 0.1) is 25.4 Å². The molecule has 6 rings (SSSR count). The summed E-state index contributed by atoms with van der Waals surface area (Å²) in [6.07, 6.45) is 4.48. The van der Waals surface area contributed by atoms with Crippen LogP contribution in [0.5, 0.6) is 11.5 Å². The second kappa shape index (κ2) is 18.6. The van der Waals surface area contributed by atoms with Crippen LogP contribution in [-0.2, 0) is 43.4 Å². The van der Waals surface area contributed by atoms with E-state index < -0.39 is 41.8 Å². The van der Waals surface area contributed by atoms with Gasteiger partial charge in [-0.2, -0.15) is 5.10 Å². The predicted octanol–water partition coefficient (Wildman–Crippen LogP) is 2.32. The second-order valence-electron chi connectivity index (χ2n) is 14.8. The molecule has 3 aromatic rings. The standard InChI is InChI=1S/C40H53N7O7/c1-25(2)18-31-24-54-33-14-10-29(11-15-33)19-34(43-37(49)23-47-17-16-26(3)45-47)39(51)44-35(20-28-8-12-32(53-5)13-9-28)38(50)41-27(4)40(52)46(21-30-6-7-30)22-36(48)42-31/h8-17,25,27,30-31,34-35H,6-7,18-24H2,1-5H3,(H,41,50)(H,42,48)(H,43,49)(H,44,51)/t27-,31+,34+,35+/m1/s1. The lowest BCUT2D eigenvalue weighted by Gasteiger charge is -2.29. The van der Waals surface area contributed by atoms with E-state index in [0.29, 0.717) is 30.4 Å². The Kier molecular flexibility index (Phi) is 13.7. The van der Waals surface area contributed by atoms with Gasteiger partial charge in [-0.3, -0.25) is 28.7 Å². The fourth-order valence-corrected chi connectivity index (χ4v) is 6.46. The van der Waals surface area contributed by atoms with Crippen molar-refractivity contribution >= 4 is 29.5 Å². The number of ether oxygens (including phenoxy) is 2. The first kappa shape index (κ1) is 39.8. The molecule has 14 nitrogen and oxygen atoms in total. The lowest BCUT2D eigenvalue weighted by Crippen LogP contribution is -2.58. The fourth-order valence-electron chi connectivity index (χ4n) is 6.46. The zero-order chi connectivity index (χ0) is 38.8. The van der Waals surface area contributed by atoms with Gasteiger partial charge in [-0.25, -0.2) is 0 Å². The number of amides is 5. The van der Waals surface area contributed by atoms with Gasteiger partial charge in [-0.15, -0.1) is 0 Å². The molecule has 4 N–H and O–H groups in total. The third kappa shape index (κ3) is 12.1. The number of methoxy groups -OCH3 is 1. The van der Waals surface area contributed by atoms with Gasteiger partial charge in [0.25, 0.3) is 0 Å². The predicted molar refractivity (Wildman–Crippen MR) is 201 cm³/mol. The van der Waals surface area contributed by atoms with E-state index in [0.717, 1.165) is 29.7 Å². The molecule has 290 valence electrons. The van der Waals surface area contributed by atoms with Crippen LogP contribution in [0.3, 0.4) is 0 Å². The Balaban J connectivity index is 1.45. The van der Waals surface area contributed by atoms with Crippen molar-refractivity contribution in [3.8, 4) is 11.5 Å². The molecular weight excluding hydrogens is 690 g/mol. The van der Waals surface area contributed by atoms with E-state index in [1.807, 2.05) is 19.1 Å². The maximum atomic E-state index is 14.1. The SMILES string of the molecule is COc1ccc(C[C@@H]2NC(=O)[C@@H](NC(=O)Cn3ccc(C)n3)Cc3ccc(cc3)OC[C@H](CC(C)C)NC(=O)CN(CC3CC3)C(=O)[C@@H](C)NC2=O)cc1. The number of hydrogen-bond donors (Lipinski definition) is 4. The summed E-state index contributed by atoms with van der Waals surface area (Å²) in [7, 11) is 1.55. The highest BCUT2D eigenvalue weighted by atomic mass is 16.5. The molecule has 0 unspecified atom stereocenters. The molecule has 2 aromatic carbocycles. The Labute approximate surface area is 316 Å². The van der Waals surface area contributed by atoms with Crippen molar-refractivity contribution in [1.29, 1.82) is 0 Å². The summed E-state index contributed by atoms with van der Waals surface area (Å²) < 4.78 is 12.9. The average Bonchev–Trinajstić information content (AvgIpc) is 3.86. The van der Waals surface area contributed by atoms with Crippen molar-refractivity contribution in [2.45, 2.75) is 90.5 Å². The number of fused-ring (bicyclic) bond motifs is 17. The molecule has 5 amide bonds. The molecule has 14 heteroatoms. The highest BCUT2D eigenvalue weighted by Crippen LogP contribution is 2.30. The van der Waals surface area contributed by atoms with Crippen LogP contribution in [0.1, 0.15) is 56.9 Å². The first-order valence-corrected chi connectivity index (χ1v) is 18.7. The molecule has 1 saturated carbocycles. The molecule has 1 fully saturated rings. The molecule has 1 aromatic heterocycles. The number of aryl methyl sites for hydroxylation is 1. The van der Waals surface area contributed by atoms with Gasteiger partial charge >= 0.3 is 0 Å². The summed E-state index contributed by atoms with van der Waals surface area (Å²) in [5.74, 6) is -0.530. The summed E-state index contributed by atoms with van der Waals surface area (Å²) in [6, 6.07) is 12.6. The Morgan fingerprint density at radius 1 is 0.981 bits per heavy atom. The van der Waals surface area contributed by atoms with Crippen molar-refractivity contribution in [3.63, 3.8) is 0 Å². The monoisotopic (exact) mass is 743 g/mol. The topological polar surface area (TPSA) is 173 Å². The number of carbonyl (C=O) groups excluding carboxylic acids is 5. The molecule has 2 aliphatic heterocycles. The first-order valence-electron chi connectivity index (χ1n) is 18.7. The summed E-state index contributed by atoms with van der Waals surface area (Å²) in [5, 5.41) is 15.9. The van der Waals surface area contributed by atoms with Crippen LogP contribution >= 0.6 is 0 Å². The first-order chi connectivity index (χ1) is 25.8. The average molecular weight is 744 g/mol. The molecule has 0 spiro atoms. The summed E-state index contributed by atoms with van der Waals surface area (Å²) >= 11 is 0. The zero-order valence-corrected chi connectivity index (χ0v) is 31.8. The molecule has 1 aliphatic carbocycles. The number of hydrogen-bond acceptors (Lipinski definition) is 8. The quantitative estimate of drug-likeness (QED) is 0.229. The molecule has 3 aliphatic rings. The highest BCUT2D eigenvalue weighted by molar-refractivity contribution is 5.95. The van der Waals surface area contributed by atoms with Gasteiger partial charge in [0.1, 0.15) is 42.8 Å². The van der Waals surface area contributed by atoms with E-state index in [9.17, 15) is 24.0 Å². The van der Waals surface area contributed by atoms with E-state index in [-0.39, 0.29) is 50.4 Å². The lowest BCUT2D eigenvalue weighted by molar-refractivity contribution is -0.140. The minimum atomic E-state index is -1.12. The van der Waals surface area contributed by atoms with E-state index in [4.69, 9.17) is 9.47 Å². The van der Waals surface area contributed by atoms with Crippen molar-refractivity contribution in [1.82, 2.24) is 35.9 Å². The largest absolute Gasteiger partial charge is 0.497 e. The number of nitrogens with zero attached hydrogens (tertiary/aromatic N) is 3. The van der Waals surface area contributed by atoms with Gasteiger partial charge in [0, 0.05) is 25.6 Å². The van der Waals surface area contributed by atoms with Crippen LogP contribution < -0.4 is 30.7 Å². The van der Waals surface area contributed by atoms with Crippen molar-refractivity contribution in [3.05, 3.63) is 77.6 Å². The number of benzene rings is 2. The highest BCUT2D eigenvalue weighted by Gasteiger charge is 2.33. The molecule has 0 radical (unpaired) electrons. The van der Waals surface area contributed by atoms with Gasteiger partial charge in [-0.05, 0) is 86.4 Å². The second-order valence-corrected chi connectivity index (χ2v) is 14.8. The number of aromatic nitrogens is 2. The number of rotatable bonds is 10. The molecule has 3 heterocycles. The Hall–Kier alpha value is -5.40. The lowest BCUT2D eigenvalue weighted by atomic mass is 10.0. The van der Waals surface area contributed by atoms with Gasteiger partial charge < -0.3 is 35.6 Å². The Morgan fingerprint density at radius 2 is 1.70 bits per heavy atom. The zero-order valence-electron chi connectivity index (χ0n) is 31.8. The van der Waals surface area contributed by atoms with Gasteiger partial charge in [0.2, 0.25) is 29.5 Å². The Bertz CT molecular complexity index is 1750. The van der Waals surface area contributed by atoms with Crippen LogP contribution in [0.2, 0.25) is 0 Å². The molecule has 0 saturated heterocycles. The minimum Gasteiger partial charge on any atom is -0.497 e. The number of carbonyl (C=O) groups is 5. The molecule has 4 atom stereocenters. The third-order valence-electron chi connectivity index (χ3n) is 9.45. The maximum absolute atomic E-state index is 14.1. The summed E-state index contributed by atoms with van der Waals surface area (Å²) in [6.45, 7) is 7.87. The molecular formula is C40H53N7O7. The van der Waals surface area contributed by atoms with E-state index in [2.05, 4.69) is 40.2 Å². The van der Waals surface area contributed by atoms with Crippen molar-refractivity contribution in [2.75, 3.05) is 26.8 Å². The van der Waals surface area contributed by atoms with Crippen LogP contribution in [0.25, 0.3) is 0 Å². The van der Waals surface area contributed by atoms with Crippen LogP contribution in [0.4, 0.5) is 0 Å². The van der Waals surface area contributed by atoms with Gasteiger partial charge in [-0.1, -0.05) is 38.1 Å². The maximum Gasteiger partial charge on any atom is 0.245 e. The Morgan fingerprint density at radius 3 is 2.33 bits per heavy atom. The fraction of sp³-hybridized carbons (Fsp3) is 0.500. The van der Waals surface area contributed by atoms with Crippen LogP contribution in [-0.4, -0.2) is 95.2 Å². The normalized spacial score (nSPS) is 21.9. The van der Waals surface area contributed by atoms with Crippen LogP contribution in [0, 0.1) is 18.8 Å². The van der Waals surface area contributed by atoms with E-state index in [1.54, 1.807) is 62.7 Å². The third-order valence-corrected chi connectivity index (χ3v) is 9.45.